The van der Waals surface area contributed by atoms with E-state index >= 15 is 0 Å². The van der Waals surface area contributed by atoms with Gasteiger partial charge in [-0.25, -0.2) is 0 Å². The van der Waals surface area contributed by atoms with Crippen LogP contribution >= 0.6 is 0 Å². The Hall–Kier alpha value is -2.69. The molecule has 2 aromatic carbocycles. The fourth-order valence-electron chi connectivity index (χ4n) is 2.60. The van der Waals surface area contributed by atoms with E-state index in [1.54, 1.807) is 32.4 Å². The Morgan fingerprint density at radius 3 is 2.40 bits per heavy atom. The molecule has 0 radical (unpaired) electrons. The van der Waals surface area contributed by atoms with Gasteiger partial charge in [0, 0.05) is 12.1 Å². The Labute approximate surface area is 148 Å². The zero-order valence-corrected chi connectivity index (χ0v) is 15.2. The van der Waals surface area contributed by atoms with Crippen molar-refractivity contribution in [1.82, 2.24) is 5.32 Å². The van der Waals surface area contributed by atoms with E-state index in [2.05, 4.69) is 11.4 Å². The van der Waals surface area contributed by atoms with Gasteiger partial charge in [-0.1, -0.05) is 17.7 Å². The lowest BCUT2D eigenvalue weighted by Crippen LogP contribution is -2.25. The molecule has 0 heterocycles. The fourth-order valence-corrected chi connectivity index (χ4v) is 2.60. The highest BCUT2D eigenvalue weighted by molar-refractivity contribution is 5.94. The third-order valence-corrected chi connectivity index (χ3v) is 3.84. The molecule has 5 heteroatoms. The first kappa shape index (κ1) is 18.6. The maximum Gasteiger partial charge on any atom is 0.251 e. The fraction of sp³-hybridized carbons (Fsp3) is 0.350. The van der Waals surface area contributed by atoms with Gasteiger partial charge in [-0.05, 0) is 50.1 Å². The monoisotopic (exact) mass is 343 g/mol. The number of benzene rings is 2. The van der Waals surface area contributed by atoms with Crippen LogP contribution < -0.4 is 19.5 Å². The predicted molar refractivity (Wildman–Crippen MR) is 97.9 cm³/mol. The highest BCUT2D eigenvalue weighted by Gasteiger charge is 2.11. The summed E-state index contributed by atoms with van der Waals surface area (Å²) in [5.41, 5.74) is 2.78. The lowest BCUT2D eigenvalue weighted by Gasteiger charge is -2.12. The molecule has 0 saturated carbocycles. The summed E-state index contributed by atoms with van der Waals surface area (Å²) < 4.78 is 16.1. The Morgan fingerprint density at radius 1 is 1.00 bits per heavy atom. The molecule has 134 valence electrons. The second-order valence-corrected chi connectivity index (χ2v) is 5.62. The summed E-state index contributed by atoms with van der Waals surface area (Å²) in [6.07, 6.45) is 0.699. The summed E-state index contributed by atoms with van der Waals surface area (Å²) >= 11 is 0. The van der Waals surface area contributed by atoms with E-state index in [-0.39, 0.29) is 5.91 Å². The van der Waals surface area contributed by atoms with Crippen LogP contribution in [0.15, 0.2) is 36.4 Å². The first-order valence-corrected chi connectivity index (χ1v) is 8.31. The number of aryl methyl sites for hydroxylation is 1. The highest BCUT2D eigenvalue weighted by Crippen LogP contribution is 2.28. The predicted octanol–water partition coefficient (Wildman–Crippen LogP) is 3.38. The van der Waals surface area contributed by atoms with E-state index < -0.39 is 0 Å². The molecule has 25 heavy (non-hydrogen) atoms. The van der Waals surface area contributed by atoms with Crippen LogP contribution in [0.2, 0.25) is 0 Å². The average molecular weight is 343 g/mol. The molecule has 1 N–H and O–H groups in total. The number of amides is 1. The van der Waals surface area contributed by atoms with Gasteiger partial charge in [0.15, 0.2) is 11.5 Å². The number of hydrogen-bond donors (Lipinski definition) is 1. The van der Waals surface area contributed by atoms with E-state index in [1.165, 1.54) is 5.56 Å². The second-order valence-electron chi connectivity index (χ2n) is 5.62. The smallest absolute Gasteiger partial charge is 0.251 e. The molecule has 0 aromatic heterocycles. The van der Waals surface area contributed by atoms with Crippen molar-refractivity contribution in [1.29, 1.82) is 0 Å². The minimum Gasteiger partial charge on any atom is -0.496 e. The largest absolute Gasteiger partial charge is 0.496 e. The van der Waals surface area contributed by atoms with Crippen LogP contribution in [-0.2, 0) is 6.42 Å². The number of ether oxygens (including phenoxy) is 3. The summed E-state index contributed by atoms with van der Waals surface area (Å²) in [5, 5.41) is 2.93. The summed E-state index contributed by atoms with van der Waals surface area (Å²) in [7, 11) is 3.21. The van der Waals surface area contributed by atoms with Gasteiger partial charge < -0.3 is 19.5 Å². The van der Waals surface area contributed by atoms with E-state index in [4.69, 9.17) is 14.2 Å². The minimum atomic E-state index is -0.145. The van der Waals surface area contributed by atoms with Gasteiger partial charge in [-0.15, -0.1) is 0 Å². The third-order valence-electron chi connectivity index (χ3n) is 3.84. The Morgan fingerprint density at radius 2 is 1.72 bits per heavy atom. The summed E-state index contributed by atoms with van der Waals surface area (Å²) in [6.45, 7) is 5.00. The molecule has 0 aliphatic carbocycles. The van der Waals surface area contributed by atoms with Crippen LogP contribution in [0.25, 0.3) is 0 Å². The minimum absolute atomic E-state index is 0.145. The van der Waals surface area contributed by atoms with Gasteiger partial charge in [0.1, 0.15) is 5.75 Å². The van der Waals surface area contributed by atoms with Crippen molar-refractivity contribution >= 4 is 5.91 Å². The van der Waals surface area contributed by atoms with Crippen molar-refractivity contribution in [2.24, 2.45) is 0 Å². The van der Waals surface area contributed by atoms with Gasteiger partial charge in [0.25, 0.3) is 5.91 Å². The molecule has 0 aliphatic heterocycles. The Balaban J connectivity index is 2.00. The normalized spacial score (nSPS) is 10.2. The van der Waals surface area contributed by atoms with Crippen LogP contribution in [-0.4, -0.2) is 33.3 Å². The lowest BCUT2D eigenvalue weighted by atomic mass is 10.1. The second kappa shape index (κ2) is 8.97. The Bertz CT molecular complexity index is 728. The summed E-state index contributed by atoms with van der Waals surface area (Å²) in [4.78, 5) is 12.4. The van der Waals surface area contributed by atoms with Crippen molar-refractivity contribution in [2.75, 3.05) is 27.4 Å². The number of hydrogen-bond acceptors (Lipinski definition) is 4. The number of methoxy groups -OCH3 is 2. The summed E-state index contributed by atoms with van der Waals surface area (Å²) in [5.74, 6) is 1.87. The van der Waals surface area contributed by atoms with Crippen molar-refractivity contribution in [3.63, 3.8) is 0 Å². The number of rotatable bonds is 8. The zero-order valence-electron chi connectivity index (χ0n) is 15.2. The van der Waals surface area contributed by atoms with E-state index in [9.17, 15) is 4.79 Å². The lowest BCUT2D eigenvalue weighted by molar-refractivity contribution is 0.0953. The van der Waals surface area contributed by atoms with Crippen molar-refractivity contribution in [3.05, 3.63) is 53.1 Å². The molecule has 0 spiro atoms. The first-order chi connectivity index (χ1) is 12.1. The summed E-state index contributed by atoms with van der Waals surface area (Å²) in [6, 6.07) is 11.2. The number of carbonyl (C=O) groups excluding carboxylic acids is 1. The number of carbonyl (C=O) groups is 1. The van der Waals surface area contributed by atoms with E-state index in [0.717, 1.165) is 11.3 Å². The average Bonchev–Trinajstić information content (AvgIpc) is 2.62. The van der Waals surface area contributed by atoms with Gasteiger partial charge in [-0.2, -0.15) is 0 Å². The molecule has 2 rings (SSSR count). The van der Waals surface area contributed by atoms with Crippen LogP contribution in [0.5, 0.6) is 17.2 Å². The van der Waals surface area contributed by atoms with E-state index in [0.29, 0.717) is 36.6 Å². The molecule has 0 aliphatic rings. The zero-order chi connectivity index (χ0) is 18.2. The molecule has 1 amide bonds. The first-order valence-electron chi connectivity index (χ1n) is 8.31. The maximum absolute atomic E-state index is 12.4. The SMILES string of the molecule is CCOc1ccc(C(=O)NCCc2cc(C)ccc2OC)cc1OC. The third kappa shape index (κ3) is 4.89. The molecule has 0 atom stereocenters. The van der Waals surface area contributed by atoms with Gasteiger partial charge in [0.2, 0.25) is 0 Å². The molecule has 0 saturated heterocycles. The molecule has 0 fully saturated rings. The topological polar surface area (TPSA) is 56.8 Å². The van der Waals surface area contributed by atoms with E-state index in [1.807, 2.05) is 26.0 Å². The molecule has 0 unspecified atom stereocenters. The van der Waals surface area contributed by atoms with Crippen LogP contribution in [0, 0.1) is 6.92 Å². The van der Waals surface area contributed by atoms with Crippen molar-refractivity contribution in [3.8, 4) is 17.2 Å². The molecule has 0 bridgehead atoms. The number of nitrogens with one attached hydrogen (secondary N) is 1. The van der Waals surface area contributed by atoms with Gasteiger partial charge in [0.05, 0.1) is 20.8 Å². The highest BCUT2D eigenvalue weighted by atomic mass is 16.5. The van der Waals surface area contributed by atoms with Crippen LogP contribution in [0.4, 0.5) is 0 Å². The van der Waals surface area contributed by atoms with Gasteiger partial charge in [-0.3, -0.25) is 4.79 Å². The van der Waals surface area contributed by atoms with Crippen LogP contribution in [0.1, 0.15) is 28.4 Å². The Kier molecular flexibility index (Phi) is 6.69. The molecular formula is C20H25NO4. The maximum atomic E-state index is 12.4. The standard InChI is InChI=1S/C20H25NO4/c1-5-25-18-9-7-16(13-19(18)24-4)20(22)21-11-10-15-12-14(2)6-8-17(15)23-3/h6-9,12-13H,5,10-11H2,1-4H3,(H,21,22). The van der Waals surface area contributed by atoms with Crippen molar-refractivity contribution < 1.29 is 19.0 Å². The molecular weight excluding hydrogens is 318 g/mol. The van der Waals surface area contributed by atoms with Crippen molar-refractivity contribution in [2.45, 2.75) is 20.3 Å². The molecule has 2 aromatic rings. The van der Waals surface area contributed by atoms with Crippen LogP contribution in [0.3, 0.4) is 0 Å². The van der Waals surface area contributed by atoms with Gasteiger partial charge >= 0.3 is 0 Å². The molecule has 5 nitrogen and oxygen atoms in total. The quantitative estimate of drug-likeness (QED) is 0.798.